The van der Waals surface area contributed by atoms with E-state index in [1.807, 2.05) is 24.3 Å². The predicted molar refractivity (Wildman–Crippen MR) is 130 cm³/mol. The van der Waals surface area contributed by atoms with Crippen molar-refractivity contribution >= 4 is 34.4 Å². The summed E-state index contributed by atoms with van der Waals surface area (Å²) in [7, 11) is 0. The molecule has 6 nitrogen and oxygen atoms in total. The van der Waals surface area contributed by atoms with E-state index in [1.165, 1.54) is 10.0 Å². The highest BCUT2D eigenvalue weighted by molar-refractivity contribution is 6.39. The Morgan fingerprint density at radius 1 is 0.758 bits per heavy atom. The summed E-state index contributed by atoms with van der Waals surface area (Å²) in [6, 6.07) is 27.4. The summed E-state index contributed by atoms with van der Waals surface area (Å²) in [5.74, 6) is -1.06. The Bertz CT molecular complexity index is 1170. The minimum absolute atomic E-state index is 0.0652. The van der Waals surface area contributed by atoms with Crippen LogP contribution in [0.25, 0.3) is 5.57 Å². The molecule has 4 rings (SSSR count). The van der Waals surface area contributed by atoms with Crippen molar-refractivity contribution in [1.29, 1.82) is 5.26 Å². The van der Waals surface area contributed by atoms with Gasteiger partial charge in [-0.1, -0.05) is 48.5 Å². The summed E-state index contributed by atoms with van der Waals surface area (Å²) in [4.78, 5) is 29.4. The largest absolute Gasteiger partial charge is 0.372 e. The number of hydrogen-bond acceptors (Lipinski definition) is 4. The zero-order chi connectivity index (χ0) is 23.4. The Morgan fingerprint density at radius 2 is 1.21 bits per heavy atom. The molecular weight excluding hydrogens is 412 g/mol. The smallest absolute Gasteiger partial charge is 0.284 e. The van der Waals surface area contributed by atoms with Crippen LogP contribution >= 0.6 is 0 Å². The van der Waals surface area contributed by atoms with Gasteiger partial charge in [0.1, 0.15) is 11.6 Å². The minimum atomic E-state index is -0.528. The molecule has 1 fully saturated rings. The molecule has 164 valence electrons. The highest BCUT2D eigenvalue weighted by Crippen LogP contribution is 2.35. The molecule has 1 saturated heterocycles. The number of carbonyl (C=O) groups is 2. The summed E-state index contributed by atoms with van der Waals surface area (Å²) >= 11 is 0. The Labute approximate surface area is 193 Å². The lowest BCUT2D eigenvalue weighted by molar-refractivity contribution is -0.116. The molecule has 1 aliphatic heterocycles. The fourth-order valence-electron chi connectivity index (χ4n) is 4.00. The van der Waals surface area contributed by atoms with Crippen LogP contribution in [0.2, 0.25) is 0 Å². The Balaban J connectivity index is 1.84. The van der Waals surface area contributed by atoms with E-state index in [1.54, 1.807) is 60.7 Å². The monoisotopic (exact) mass is 436 g/mol. The number of hydrazine groups is 1. The molecule has 0 atom stereocenters. The third-order valence-electron chi connectivity index (χ3n) is 5.66. The van der Waals surface area contributed by atoms with E-state index < -0.39 is 11.8 Å². The molecule has 0 spiro atoms. The van der Waals surface area contributed by atoms with Gasteiger partial charge in [0.25, 0.3) is 11.8 Å². The van der Waals surface area contributed by atoms with E-state index in [0.717, 1.165) is 18.8 Å². The zero-order valence-corrected chi connectivity index (χ0v) is 18.6. The average Bonchev–Trinajstić information content (AvgIpc) is 3.12. The molecule has 6 heteroatoms. The van der Waals surface area contributed by atoms with Gasteiger partial charge < -0.3 is 4.90 Å². The van der Waals surface area contributed by atoms with Crippen molar-refractivity contribution in [2.45, 2.75) is 13.8 Å². The molecule has 0 unspecified atom stereocenters. The van der Waals surface area contributed by atoms with Crippen LogP contribution < -0.4 is 14.9 Å². The van der Waals surface area contributed by atoms with Crippen LogP contribution in [0, 0.1) is 11.3 Å². The number of anilines is 3. The van der Waals surface area contributed by atoms with Gasteiger partial charge in [-0.2, -0.15) is 5.26 Å². The fourth-order valence-corrected chi connectivity index (χ4v) is 4.00. The number of nitrogens with zero attached hydrogens (tertiary/aromatic N) is 4. The van der Waals surface area contributed by atoms with Crippen LogP contribution in [-0.2, 0) is 9.59 Å². The van der Waals surface area contributed by atoms with Crippen molar-refractivity contribution in [3.05, 3.63) is 96.1 Å². The van der Waals surface area contributed by atoms with E-state index in [-0.39, 0.29) is 11.1 Å². The van der Waals surface area contributed by atoms with Crippen LogP contribution in [-0.4, -0.2) is 24.9 Å². The summed E-state index contributed by atoms with van der Waals surface area (Å²) in [5, 5.41) is 12.7. The molecule has 0 aromatic heterocycles. The third-order valence-corrected chi connectivity index (χ3v) is 5.66. The number of benzene rings is 3. The van der Waals surface area contributed by atoms with Gasteiger partial charge in [0.05, 0.1) is 16.9 Å². The lowest BCUT2D eigenvalue weighted by Gasteiger charge is -2.27. The minimum Gasteiger partial charge on any atom is -0.372 e. The first-order valence-corrected chi connectivity index (χ1v) is 10.9. The Kier molecular flexibility index (Phi) is 6.23. The van der Waals surface area contributed by atoms with E-state index in [2.05, 4.69) is 24.8 Å². The molecule has 3 aromatic carbocycles. The first kappa shape index (κ1) is 21.8. The van der Waals surface area contributed by atoms with Crippen molar-refractivity contribution in [2.75, 3.05) is 28.0 Å². The first-order valence-electron chi connectivity index (χ1n) is 10.9. The number of para-hydroxylation sites is 2. The van der Waals surface area contributed by atoms with Gasteiger partial charge in [0.2, 0.25) is 0 Å². The quantitative estimate of drug-likeness (QED) is 0.316. The Hall–Kier alpha value is -4.37. The Morgan fingerprint density at radius 3 is 1.61 bits per heavy atom. The highest BCUT2D eigenvalue weighted by atomic mass is 16.2. The maximum Gasteiger partial charge on any atom is 0.284 e. The van der Waals surface area contributed by atoms with Crippen molar-refractivity contribution in [3.8, 4) is 6.07 Å². The third kappa shape index (κ3) is 3.97. The molecule has 0 radical (unpaired) electrons. The van der Waals surface area contributed by atoms with Gasteiger partial charge in [-0.15, -0.1) is 0 Å². The van der Waals surface area contributed by atoms with Crippen LogP contribution in [0.15, 0.2) is 90.5 Å². The fraction of sp³-hybridized carbons (Fsp3) is 0.148. The lowest BCUT2D eigenvalue weighted by Crippen LogP contribution is -2.41. The number of rotatable bonds is 6. The molecule has 0 bridgehead atoms. The molecule has 3 aromatic rings. The van der Waals surface area contributed by atoms with Crippen molar-refractivity contribution in [3.63, 3.8) is 0 Å². The normalized spacial score (nSPS) is 13.3. The van der Waals surface area contributed by atoms with Crippen LogP contribution in [0.1, 0.15) is 19.4 Å². The number of hydrogen-bond donors (Lipinski definition) is 0. The first-order chi connectivity index (χ1) is 16.1. The summed E-state index contributed by atoms with van der Waals surface area (Å²) in [6.07, 6.45) is 0. The van der Waals surface area contributed by atoms with E-state index in [0.29, 0.717) is 16.9 Å². The maximum atomic E-state index is 13.6. The molecule has 2 amide bonds. The van der Waals surface area contributed by atoms with E-state index in [4.69, 9.17) is 0 Å². The molecule has 0 saturated carbocycles. The second-order valence-corrected chi connectivity index (χ2v) is 7.49. The summed E-state index contributed by atoms with van der Waals surface area (Å²) in [6.45, 7) is 5.87. The summed E-state index contributed by atoms with van der Waals surface area (Å²) in [5.41, 5.74) is 2.57. The number of nitriles is 1. The van der Waals surface area contributed by atoms with Crippen LogP contribution in [0.4, 0.5) is 17.1 Å². The van der Waals surface area contributed by atoms with Crippen LogP contribution in [0.5, 0.6) is 0 Å². The molecule has 1 heterocycles. The van der Waals surface area contributed by atoms with E-state index >= 15 is 0 Å². The standard InChI is InChI=1S/C27H24N4O2/c1-3-29(4-2)21-17-15-20(16-18-21)24(19-28)25-26(32)30(22-11-7-5-8-12-22)31(27(25)33)23-13-9-6-10-14-23/h5-18H,3-4H2,1-2H3. The van der Waals surface area contributed by atoms with Crippen molar-refractivity contribution < 1.29 is 9.59 Å². The molecule has 33 heavy (non-hydrogen) atoms. The average molecular weight is 437 g/mol. The van der Waals surface area contributed by atoms with Gasteiger partial charge in [0, 0.05) is 18.8 Å². The molecule has 0 aliphatic carbocycles. The van der Waals surface area contributed by atoms with Gasteiger partial charge in [-0.3, -0.25) is 9.59 Å². The molecule has 0 N–H and O–H groups in total. The SMILES string of the molecule is CCN(CC)c1ccc(C(C#N)=C2C(=O)N(c3ccccc3)N(c3ccccc3)C2=O)cc1. The van der Waals surface area contributed by atoms with E-state index in [9.17, 15) is 14.9 Å². The van der Waals surface area contributed by atoms with Gasteiger partial charge >= 0.3 is 0 Å². The molecular formula is C27H24N4O2. The second kappa shape index (κ2) is 9.41. The lowest BCUT2D eigenvalue weighted by atomic mass is 9.99. The number of amides is 2. The summed E-state index contributed by atoms with van der Waals surface area (Å²) < 4.78 is 0. The van der Waals surface area contributed by atoms with Gasteiger partial charge in [-0.05, 0) is 55.8 Å². The van der Waals surface area contributed by atoms with Crippen molar-refractivity contribution in [1.82, 2.24) is 0 Å². The predicted octanol–water partition coefficient (Wildman–Crippen LogP) is 4.80. The zero-order valence-electron chi connectivity index (χ0n) is 18.6. The number of carbonyl (C=O) groups excluding carboxylic acids is 2. The number of allylic oxidation sites excluding steroid dienone is 1. The molecule has 1 aliphatic rings. The second-order valence-electron chi connectivity index (χ2n) is 7.49. The topological polar surface area (TPSA) is 67.7 Å². The van der Waals surface area contributed by atoms with Gasteiger partial charge in [0.15, 0.2) is 0 Å². The van der Waals surface area contributed by atoms with Crippen LogP contribution in [0.3, 0.4) is 0 Å². The van der Waals surface area contributed by atoms with Crippen molar-refractivity contribution in [2.24, 2.45) is 0 Å². The maximum absolute atomic E-state index is 13.6. The van der Waals surface area contributed by atoms with Gasteiger partial charge in [-0.25, -0.2) is 10.0 Å². The highest BCUT2D eigenvalue weighted by Gasteiger charge is 2.45.